The van der Waals surface area contributed by atoms with Crippen LogP contribution in [0, 0.1) is 12.8 Å². The Morgan fingerprint density at radius 2 is 2.09 bits per heavy atom. The monoisotopic (exact) mass is 307 g/mol. The summed E-state index contributed by atoms with van der Waals surface area (Å²) in [7, 11) is 0. The number of aromatic nitrogens is 1. The lowest BCUT2D eigenvalue weighted by Crippen LogP contribution is -2.43. The van der Waals surface area contributed by atoms with Gasteiger partial charge in [-0.3, -0.25) is 9.69 Å². The van der Waals surface area contributed by atoms with E-state index in [1.54, 1.807) is 6.20 Å². The van der Waals surface area contributed by atoms with Crippen molar-refractivity contribution in [2.75, 3.05) is 32.8 Å². The Hall–Kier alpha value is -1.33. The fraction of sp³-hybridized carbons (Fsp3) is 0.706. The van der Waals surface area contributed by atoms with E-state index >= 15 is 0 Å². The molecule has 0 aromatic carbocycles. The minimum atomic E-state index is 0.147. The maximum Gasteiger partial charge on any atom is 0.255 e. The number of amides is 1. The third-order valence-corrected chi connectivity index (χ3v) is 4.69. The molecule has 0 atom stereocenters. The lowest BCUT2D eigenvalue weighted by Gasteiger charge is -2.36. The van der Waals surface area contributed by atoms with E-state index in [1.807, 2.05) is 18.0 Å². The molecule has 2 heterocycles. The van der Waals surface area contributed by atoms with E-state index in [1.165, 1.54) is 0 Å². The van der Waals surface area contributed by atoms with Crippen molar-refractivity contribution in [3.63, 3.8) is 0 Å². The lowest BCUT2D eigenvalue weighted by molar-refractivity contribution is 0.0644. The number of likely N-dealkylation sites (tertiary alicyclic amines) is 1. The molecular formula is C17H29N3O2. The molecule has 0 aliphatic carbocycles. The van der Waals surface area contributed by atoms with Crippen LogP contribution in [0.4, 0.5) is 0 Å². The van der Waals surface area contributed by atoms with Crippen molar-refractivity contribution in [2.24, 2.45) is 5.92 Å². The maximum absolute atomic E-state index is 12.5. The number of H-pyrrole nitrogens is 1. The number of nitrogens with zero attached hydrogens (tertiary/aromatic N) is 2. The number of nitrogens with one attached hydrogen (secondary N) is 1. The van der Waals surface area contributed by atoms with Gasteiger partial charge in [-0.1, -0.05) is 0 Å². The maximum atomic E-state index is 12.5. The van der Waals surface area contributed by atoms with E-state index < -0.39 is 0 Å². The summed E-state index contributed by atoms with van der Waals surface area (Å²) >= 11 is 0. The first-order chi connectivity index (χ1) is 10.5. The van der Waals surface area contributed by atoms with E-state index in [0.29, 0.717) is 12.0 Å². The second-order valence-corrected chi connectivity index (χ2v) is 6.60. The number of aliphatic hydroxyl groups is 1. The predicted octanol–water partition coefficient (Wildman–Crippen LogP) is 1.88. The Labute approximate surface area is 133 Å². The van der Waals surface area contributed by atoms with Crippen molar-refractivity contribution in [1.29, 1.82) is 0 Å². The van der Waals surface area contributed by atoms with Gasteiger partial charge in [0.15, 0.2) is 0 Å². The van der Waals surface area contributed by atoms with Gasteiger partial charge in [0.1, 0.15) is 0 Å². The molecular weight excluding hydrogens is 278 g/mol. The summed E-state index contributed by atoms with van der Waals surface area (Å²) in [6, 6.07) is 0.453. The number of hydrogen-bond acceptors (Lipinski definition) is 3. The smallest absolute Gasteiger partial charge is 0.255 e. The molecule has 0 saturated carbocycles. The molecule has 5 heteroatoms. The molecule has 1 aliphatic heterocycles. The third-order valence-electron chi connectivity index (χ3n) is 4.69. The minimum absolute atomic E-state index is 0.147. The summed E-state index contributed by atoms with van der Waals surface area (Å²) in [5.74, 6) is 0.763. The molecule has 5 nitrogen and oxygen atoms in total. The summed E-state index contributed by atoms with van der Waals surface area (Å²) in [5, 5.41) is 9.16. The fourth-order valence-electron chi connectivity index (χ4n) is 3.18. The van der Waals surface area contributed by atoms with E-state index in [2.05, 4.69) is 23.7 Å². The van der Waals surface area contributed by atoms with Gasteiger partial charge in [-0.25, -0.2) is 0 Å². The number of rotatable bonds is 6. The third kappa shape index (κ3) is 4.11. The molecule has 0 bridgehead atoms. The Morgan fingerprint density at radius 1 is 1.41 bits per heavy atom. The molecule has 124 valence electrons. The van der Waals surface area contributed by atoms with Crippen molar-refractivity contribution >= 4 is 5.91 Å². The molecule has 22 heavy (non-hydrogen) atoms. The summed E-state index contributed by atoms with van der Waals surface area (Å²) in [6.45, 7) is 9.93. The van der Waals surface area contributed by atoms with Gasteiger partial charge in [0, 0.05) is 44.6 Å². The molecule has 1 aromatic rings. The summed E-state index contributed by atoms with van der Waals surface area (Å²) in [4.78, 5) is 19.8. The molecule has 1 aromatic heterocycles. The first-order valence-corrected chi connectivity index (χ1v) is 8.30. The highest BCUT2D eigenvalue weighted by Gasteiger charge is 2.26. The van der Waals surface area contributed by atoms with Crippen molar-refractivity contribution in [3.8, 4) is 0 Å². The minimum Gasteiger partial charge on any atom is -0.395 e. The van der Waals surface area contributed by atoms with E-state index in [4.69, 9.17) is 5.11 Å². The average molecular weight is 307 g/mol. The van der Waals surface area contributed by atoms with Crippen LogP contribution in [0.15, 0.2) is 12.4 Å². The second-order valence-electron chi connectivity index (χ2n) is 6.60. The van der Waals surface area contributed by atoms with E-state index in [-0.39, 0.29) is 12.5 Å². The van der Waals surface area contributed by atoms with Crippen molar-refractivity contribution < 1.29 is 9.90 Å². The van der Waals surface area contributed by atoms with Crippen LogP contribution >= 0.6 is 0 Å². The lowest BCUT2D eigenvalue weighted by atomic mass is 9.95. The summed E-state index contributed by atoms with van der Waals surface area (Å²) in [5.41, 5.74) is 1.81. The van der Waals surface area contributed by atoms with Crippen LogP contribution in [-0.2, 0) is 0 Å². The van der Waals surface area contributed by atoms with Gasteiger partial charge in [0.25, 0.3) is 5.91 Å². The van der Waals surface area contributed by atoms with Crippen LogP contribution in [0.2, 0.25) is 0 Å². The van der Waals surface area contributed by atoms with Gasteiger partial charge < -0.3 is 15.0 Å². The number of aromatic amines is 1. The highest BCUT2D eigenvalue weighted by Crippen LogP contribution is 2.21. The Balaban J connectivity index is 1.85. The zero-order chi connectivity index (χ0) is 16.1. The number of carbonyl (C=O) groups is 1. The zero-order valence-corrected chi connectivity index (χ0v) is 14.0. The standard InChI is InChI=1S/C17H29N3O2/c1-13(2)20(8-9-21)12-15-4-6-19(7-5-15)17(22)16-11-18-10-14(16)3/h10-11,13,15,18,21H,4-9,12H2,1-3H3. The van der Waals surface area contributed by atoms with Gasteiger partial charge in [-0.2, -0.15) is 0 Å². The first-order valence-electron chi connectivity index (χ1n) is 8.30. The summed E-state index contributed by atoms with van der Waals surface area (Å²) < 4.78 is 0. The molecule has 1 amide bonds. The van der Waals surface area contributed by atoms with Crippen LogP contribution in [-0.4, -0.2) is 64.6 Å². The molecule has 0 radical (unpaired) electrons. The highest BCUT2D eigenvalue weighted by atomic mass is 16.3. The molecule has 0 unspecified atom stereocenters. The molecule has 2 N–H and O–H groups in total. The molecule has 1 saturated heterocycles. The van der Waals surface area contributed by atoms with Crippen LogP contribution in [0.5, 0.6) is 0 Å². The van der Waals surface area contributed by atoms with Crippen LogP contribution < -0.4 is 0 Å². The first kappa shape index (κ1) is 17.0. The fourth-order valence-corrected chi connectivity index (χ4v) is 3.18. The van der Waals surface area contributed by atoms with E-state index in [9.17, 15) is 4.79 Å². The van der Waals surface area contributed by atoms with Crippen molar-refractivity contribution in [2.45, 2.75) is 39.7 Å². The van der Waals surface area contributed by atoms with Crippen molar-refractivity contribution in [1.82, 2.24) is 14.8 Å². The zero-order valence-electron chi connectivity index (χ0n) is 14.0. The normalized spacial score (nSPS) is 16.7. The number of carbonyl (C=O) groups excluding carboxylic acids is 1. The number of aliphatic hydroxyl groups excluding tert-OH is 1. The number of piperidine rings is 1. The topological polar surface area (TPSA) is 59.6 Å². The van der Waals surface area contributed by atoms with Gasteiger partial charge in [0.2, 0.25) is 0 Å². The van der Waals surface area contributed by atoms with Crippen LogP contribution in [0.3, 0.4) is 0 Å². The largest absolute Gasteiger partial charge is 0.395 e. The van der Waals surface area contributed by atoms with Gasteiger partial charge in [-0.05, 0) is 45.1 Å². The van der Waals surface area contributed by atoms with Gasteiger partial charge in [0.05, 0.1) is 12.2 Å². The quantitative estimate of drug-likeness (QED) is 0.843. The van der Waals surface area contributed by atoms with Gasteiger partial charge in [-0.15, -0.1) is 0 Å². The second kappa shape index (κ2) is 7.79. The van der Waals surface area contributed by atoms with E-state index in [0.717, 1.165) is 50.1 Å². The Morgan fingerprint density at radius 3 is 2.59 bits per heavy atom. The Bertz CT molecular complexity index is 476. The molecule has 0 spiro atoms. The van der Waals surface area contributed by atoms with Crippen molar-refractivity contribution in [3.05, 3.63) is 23.5 Å². The molecule has 1 fully saturated rings. The highest BCUT2D eigenvalue weighted by molar-refractivity contribution is 5.95. The molecule has 2 rings (SSSR count). The number of hydrogen-bond donors (Lipinski definition) is 2. The van der Waals surface area contributed by atoms with Crippen LogP contribution in [0.1, 0.15) is 42.6 Å². The Kier molecular flexibility index (Phi) is 6.03. The molecule has 1 aliphatic rings. The number of aryl methyl sites for hydroxylation is 1. The van der Waals surface area contributed by atoms with Crippen LogP contribution in [0.25, 0.3) is 0 Å². The average Bonchev–Trinajstić information content (AvgIpc) is 2.93. The predicted molar refractivity (Wildman–Crippen MR) is 88.0 cm³/mol. The summed E-state index contributed by atoms with van der Waals surface area (Å²) in [6.07, 6.45) is 5.76. The van der Waals surface area contributed by atoms with Gasteiger partial charge >= 0.3 is 0 Å². The SMILES string of the molecule is Cc1c[nH]cc1C(=O)N1CCC(CN(CCO)C(C)C)CC1.